The molecule has 1 amide bonds. The molecule has 0 atom stereocenters. The van der Waals surface area contributed by atoms with Crippen molar-refractivity contribution in [1.29, 1.82) is 0 Å². The van der Waals surface area contributed by atoms with Crippen molar-refractivity contribution in [2.45, 2.75) is 5.03 Å². The minimum atomic E-state index is -0.494. The number of para-hydroxylation sites is 1. The van der Waals surface area contributed by atoms with Crippen LogP contribution in [0.15, 0.2) is 58.3 Å². The largest absolute Gasteiger partial charge is 0.324 e. The molecule has 1 aromatic heterocycles. The number of nitrogens with one attached hydrogen (secondary N) is 1. The Morgan fingerprint density at radius 1 is 1.24 bits per heavy atom. The molecule has 3 rings (SSSR count). The van der Waals surface area contributed by atoms with E-state index in [1.54, 1.807) is 0 Å². The molecule has 0 aliphatic carbocycles. The van der Waals surface area contributed by atoms with E-state index in [0.29, 0.717) is 10.2 Å². The molecular formula is C16H11BrN4O3S. The van der Waals surface area contributed by atoms with Crippen LogP contribution in [-0.4, -0.2) is 26.6 Å². The molecule has 0 spiro atoms. The highest BCUT2D eigenvalue weighted by Crippen LogP contribution is 2.28. The van der Waals surface area contributed by atoms with Gasteiger partial charge in [-0.2, -0.15) is 0 Å². The van der Waals surface area contributed by atoms with E-state index in [9.17, 15) is 14.9 Å². The molecule has 1 N–H and O–H groups in total. The lowest BCUT2D eigenvalue weighted by Crippen LogP contribution is -2.14. The number of nitro groups is 1. The second-order valence-electron chi connectivity index (χ2n) is 4.95. The number of carbonyl (C=O) groups excluding carboxylic acids is 1. The van der Waals surface area contributed by atoms with Crippen molar-refractivity contribution in [2.75, 3.05) is 11.1 Å². The van der Waals surface area contributed by atoms with Gasteiger partial charge >= 0.3 is 0 Å². The Balaban J connectivity index is 1.68. The molecule has 9 heteroatoms. The van der Waals surface area contributed by atoms with Crippen molar-refractivity contribution in [1.82, 2.24) is 9.97 Å². The van der Waals surface area contributed by atoms with Crippen molar-refractivity contribution in [3.8, 4) is 0 Å². The lowest BCUT2D eigenvalue weighted by atomic mass is 10.2. The first-order chi connectivity index (χ1) is 12.0. The number of amides is 1. The van der Waals surface area contributed by atoms with Crippen LogP contribution in [0.25, 0.3) is 10.9 Å². The van der Waals surface area contributed by atoms with Crippen molar-refractivity contribution in [2.24, 2.45) is 0 Å². The van der Waals surface area contributed by atoms with Crippen LogP contribution in [0.4, 0.5) is 11.4 Å². The first kappa shape index (κ1) is 17.3. The minimum absolute atomic E-state index is 0.0493. The molecule has 0 bridgehead atoms. The average molecular weight is 419 g/mol. The first-order valence-electron chi connectivity index (χ1n) is 7.11. The third kappa shape index (κ3) is 4.12. The number of rotatable bonds is 5. The zero-order valence-electron chi connectivity index (χ0n) is 12.7. The molecule has 0 saturated carbocycles. The van der Waals surface area contributed by atoms with Crippen LogP contribution >= 0.6 is 27.7 Å². The van der Waals surface area contributed by atoms with Gasteiger partial charge in [-0.15, -0.1) is 0 Å². The fourth-order valence-electron chi connectivity index (χ4n) is 2.13. The number of anilines is 1. The normalized spacial score (nSPS) is 10.6. The second-order valence-corrected chi connectivity index (χ2v) is 6.77. The monoisotopic (exact) mass is 418 g/mol. The second kappa shape index (κ2) is 7.58. The van der Waals surface area contributed by atoms with E-state index >= 15 is 0 Å². The summed E-state index contributed by atoms with van der Waals surface area (Å²) in [6.07, 6.45) is 1.47. The molecule has 126 valence electrons. The molecule has 0 aliphatic heterocycles. The van der Waals surface area contributed by atoms with Crippen LogP contribution < -0.4 is 5.32 Å². The fraction of sp³-hybridized carbons (Fsp3) is 0.0625. The quantitative estimate of drug-likeness (QED) is 0.290. The summed E-state index contributed by atoms with van der Waals surface area (Å²) in [6, 6.07) is 11.8. The maximum Gasteiger partial charge on any atom is 0.270 e. The summed E-state index contributed by atoms with van der Waals surface area (Å²) in [5.41, 5.74) is 1.24. The zero-order chi connectivity index (χ0) is 17.8. The van der Waals surface area contributed by atoms with Gasteiger partial charge in [0.1, 0.15) is 11.4 Å². The van der Waals surface area contributed by atoms with Gasteiger partial charge < -0.3 is 5.32 Å². The molecule has 0 saturated heterocycles. The van der Waals surface area contributed by atoms with Crippen LogP contribution in [0.1, 0.15) is 0 Å². The number of carbonyl (C=O) groups is 1. The maximum atomic E-state index is 12.2. The number of nitro benzene ring substituents is 1. The lowest BCUT2D eigenvalue weighted by Gasteiger charge is -2.08. The molecule has 0 radical (unpaired) electrons. The Morgan fingerprint density at radius 3 is 2.80 bits per heavy atom. The summed E-state index contributed by atoms with van der Waals surface area (Å²) in [6.45, 7) is 0. The van der Waals surface area contributed by atoms with E-state index in [0.717, 1.165) is 15.9 Å². The lowest BCUT2D eigenvalue weighted by molar-refractivity contribution is -0.384. The van der Waals surface area contributed by atoms with Gasteiger partial charge in [-0.1, -0.05) is 30.0 Å². The average Bonchev–Trinajstić information content (AvgIpc) is 2.61. The molecule has 2 aromatic carbocycles. The van der Waals surface area contributed by atoms with Crippen molar-refractivity contribution >= 4 is 55.9 Å². The van der Waals surface area contributed by atoms with Crippen molar-refractivity contribution in [3.63, 3.8) is 0 Å². The van der Waals surface area contributed by atoms with E-state index in [4.69, 9.17) is 0 Å². The summed E-state index contributed by atoms with van der Waals surface area (Å²) in [5, 5.41) is 15.1. The summed E-state index contributed by atoms with van der Waals surface area (Å²) in [4.78, 5) is 30.8. The maximum absolute atomic E-state index is 12.2. The highest BCUT2D eigenvalue weighted by atomic mass is 79.9. The third-order valence-corrected chi connectivity index (χ3v) is 4.95. The van der Waals surface area contributed by atoms with E-state index in [1.165, 1.54) is 36.3 Å². The number of non-ortho nitro benzene ring substituents is 1. The van der Waals surface area contributed by atoms with Gasteiger partial charge in [0, 0.05) is 22.0 Å². The Morgan fingerprint density at radius 2 is 2.04 bits per heavy atom. The predicted octanol–water partition coefficient (Wildman–Crippen LogP) is 4.03. The van der Waals surface area contributed by atoms with Crippen LogP contribution in [0, 0.1) is 10.1 Å². The molecule has 0 unspecified atom stereocenters. The van der Waals surface area contributed by atoms with Crippen LogP contribution in [-0.2, 0) is 4.79 Å². The molecule has 7 nitrogen and oxygen atoms in total. The van der Waals surface area contributed by atoms with Crippen molar-refractivity contribution < 1.29 is 9.72 Å². The molecule has 1 heterocycles. The first-order valence-corrected chi connectivity index (χ1v) is 8.89. The Hall–Kier alpha value is -2.52. The van der Waals surface area contributed by atoms with Gasteiger partial charge in [-0.25, -0.2) is 9.97 Å². The summed E-state index contributed by atoms with van der Waals surface area (Å²) >= 11 is 4.53. The zero-order valence-corrected chi connectivity index (χ0v) is 15.1. The molecule has 0 aliphatic rings. The number of aromatic nitrogens is 2. The van der Waals surface area contributed by atoms with E-state index < -0.39 is 4.92 Å². The van der Waals surface area contributed by atoms with Crippen LogP contribution in [0.3, 0.4) is 0 Å². The van der Waals surface area contributed by atoms with Gasteiger partial charge in [0.15, 0.2) is 0 Å². The fourth-order valence-corrected chi connectivity index (χ4v) is 3.39. The summed E-state index contributed by atoms with van der Waals surface area (Å²) in [7, 11) is 0. The minimum Gasteiger partial charge on any atom is -0.324 e. The predicted molar refractivity (Wildman–Crippen MR) is 99.7 cm³/mol. The van der Waals surface area contributed by atoms with Gasteiger partial charge in [-0.3, -0.25) is 14.9 Å². The number of halogens is 1. The highest BCUT2D eigenvalue weighted by molar-refractivity contribution is 9.10. The standard InChI is InChI=1S/C16H11BrN4O3S/c17-12-7-10(21(23)24)5-6-14(12)20-15(22)8-25-16-11-3-1-2-4-13(11)18-9-19-16/h1-7,9H,8H2,(H,20,22). The molecule has 25 heavy (non-hydrogen) atoms. The van der Waals surface area contributed by atoms with E-state index in [2.05, 4.69) is 31.2 Å². The number of nitrogens with zero attached hydrogens (tertiary/aromatic N) is 3. The number of hydrogen-bond donors (Lipinski definition) is 1. The number of thioether (sulfide) groups is 1. The summed E-state index contributed by atoms with van der Waals surface area (Å²) < 4.78 is 0.451. The third-order valence-electron chi connectivity index (χ3n) is 3.28. The van der Waals surface area contributed by atoms with Gasteiger partial charge in [0.2, 0.25) is 5.91 Å². The number of fused-ring (bicyclic) bond motifs is 1. The van der Waals surface area contributed by atoms with Gasteiger partial charge in [0.25, 0.3) is 5.69 Å². The molecular weight excluding hydrogens is 408 g/mol. The molecule has 3 aromatic rings. The van der Waals surface area contributed by atoms with Crippen molar-refractivity contribution in [3.05, 3.63) is 63.4 Å². The van der Waals surface area contributed by atoms with E-state index in [-0.39, 0.29) is 17.3 Å². The van der Waals surface area contributed by atoms with E-state index in [1.807, 2.05) is 24.3 Å². The number of hydrogen-bond acceptors (Lipinski definition) is 6. The smallest absolute Gasteiger partial charge is 0.270 e. The van der Waals surface area contributed by atoms with Crippen LogP contribution in [0.5, 0.6) is 0 Å². The van der Waals surface area contributed by atoms with Gasteiger partial charge in [0.05, 0.1) is 21.9 Å². The summed E-state index contributed by atoms with van der Waals surface area (Å²) in [5.74, 6) is -0.0769. The van der Waals surface area contributed by atoms with Crippen LogP contribution in [0.2, 0.25) is 0 Å². The Labute approximate surface area is 155 Å². The highest BCUT2D eigenvalue weighted by Gasteiger charge is 2.12. The Kier molecular flexibility index (Phi) is 5.25. The topological polar surface area (TPSA) is 98.0 Å². The SMILES string of the molecule is O=C(CSc1ncnc2ccccc12)Nc1ccc([N+](=O)[O-])cc1Br. The van der Waals surface area contributed by atoms with Gasteiger partial charge in [-0.05, 0) is 28.1 Å². The number of benzene rings is 2. The molecule has 0 fully saturated rings. The Bertz CT molecular complexity index is 962.